The highest BCUT2D eigenvalue weighted by Crippen LogP contribution is 2.13. The molecule has 25 heavy (non-hydrogen) atoms. The van der Waals surface area contributed by atoms with E-state index in [9.17, 15) is 19.7 Å². The van der Waals surface area contributed by atoms with Crippen molar-refractivity contribution in [1.82, 2.24) is 15.5 Å². The van der Waals surface area contributed by atoms with E-state index in [0.29, 0.717) is 0 Å². The first-order valence-electron chi connectivity index (χ1n) is 8.54. The van der Waals surface area contributed by atoms with Crippen LogP contribution in [0.2, 0.25) is 0 Å². The maximum Gasteiger partial charge on any atom is 0.270 e. The average molecular weight is 348 g/mol. The molecule has 2 amide bonds. The number of hydrogen-bond acceptors (Lipinski definition) is 5. The van der Waals surface area contributed by atoms with Gasteiger partial charge in [-0.3, -0.25) is 19.7 Å². The van der Waals surface area contributed by atoms with Crippen LogP contribution >= 0.6 is 0 Å². The van der Waals surface area contributed by atoms with Gasteiger partial charge in [0.2, 0.25) is 5.91 Å². The van der Waals surface area contributed by atoms with Crippen LogP contribution in [0.25, 0.3) is 0 Å². The molecule has 0 aromatic heterocycles. The highest BCUT2D eigenvalue weighted by atomic mass is 16.6. The zero-order valence-corrected chi connectivity index (χ0v) is 14.4. The SMILES string of the molecule is CCCN1CCC(NC(=O)CNC(=O)c2cccc([N+](=O)[O-])c2)CC1. The van der Waals surface area contributed by atoms with Gasteiger partial charge in [-0.2, -0.15) is 0 Å². The summed E-state index contributed by atoms with van der Waals surface area (Å²) in [5, 5.41) is 16.2. The number of likely N-dealkylation sites (tertiary alicyclic amines) is 1. The summed E-state index contributed by atoms with van der Waals surface area (Å²) in [5.41, 5.74) is 0.00538. The smallest absolute Gasteiger partial charge is 0.270 e. The van der Waals surface area contributed by atoms with Crippen LogP contribution in [0.15, 0.2) is 24.3 Å². The third-order valence-electron chi connectivity index (χ3n) is 4.22. The number of piperidine rings is 1. The Morgan fingerprint density at radius 2 is 2.04 bits per heavy atom. The fraction of sp³-hybridized carbons (Fsp3) is 0.529. The summed E-state index contributed by atoms with van der Waals surface area (Å²) in [6.07, 6.45) is 2.94. The Bertz CT molecular complexity index is 627. The van der Waals surface area contributed by atoms with Crippen LogP contribution in [0.3, 0.4) is 0 Å². The number of nitrogens with one attached hydrogen (secondary N) is 2. The number of hydrogen-bond donors (Lipinski definition) is 2. The summed E-state index contributed by atoms with van der Waals surface area (Å²) in [7, 11) is 0. The van der Waals surface area contributed by atoms with E-state index in [0.717, 1.165) is 38.9 Å². The molecule has 2 N–H and O–H groups in total. The normalized spacial score (nSPS) is 15.6. The summed E-state index contributed by atoms with van der Waals surface area (Å²) in [4.78, 5) is 36.5. The Balaban J connectivity index is 1.75. The molecule has 136 valence electrons. The van der Waals surface area contributed by atoms with Crippen molar-refractivity contribution in [3.05, 3.63) is 39.9 Å². The Labute approximate surface area is 146 Å². The lowest BCUT2D eigenvalue weighted by Gasteiger charge is -2.32. The molecule has 1 saturated heterocycles. The Morgan fingerprint density at radius 3 is 2.68 bits per heavy atom. The van der Waals surface area contributed by atoms with Crippen molar-refractivity contribution in [2.45, 2.75) is 32.2 Å². The Hall–Kier alpha value is -2.48. The van der Waals surface area contributed by atoms with Crippen LogP contribution in [0.4, 0.5) is 5.69 Å². The predicted octanol–water partition coefficient (Wildman–Crippen LogP) is 1.32. The van der Waals surface area contributed by atoms with Crippen molar-refractivity contribution in [2.24, 2.45) is 0 Å². The van der Waals surface area contributed by atoms with Crippen molar-refractivity contribution >= 4 is 17.5 Å². The summed E-state index contributed by atoms with van der Waals surface area (Å²) >= 11 is 0. The van der Waals surface area contributed by atoms with Crippen LogP contribution in [0, 0.1) is 10.1 Å². The van der Waals surface area contributed by atoms with Crippen LogP contribution < -0.4 is 10.6 Å². The first-order chi connectivity index (χ1) is 12.0. The summed E-state index contributed by atoms with van der Waals surface area (Å²) in [6, 6.07) is 5.56. The van der Waals surface area contributed by atoms with Gasteiger partial charge in [-0.1, -0.05) is 13.0 Å². The number of nitro benzene ring substituents is 1. The van der Waals surface area contributed by atoms with Crippen LogP contribution in [0.1, 0.15) is 36.5 Å². The van der Waals surface area contributed by atoms with E-state index in [2.05, 4.69) is 22.5 Å². The monoisotopic (exact) mass is 348 g/mol. The summed E-state index contributed by atoms with van der Waals surface area (Å²) in [5.74, 6) is -0.746. The van der Waals surface area contributed by atoms with Crippen molar-refractivity contribution in [2.75, 3.05) is 26.2 Å². The molecule has 1 aromatic rings. The fourth-order valence-electron chi connectivity index (χ4n) is 2.92. The zero-order valence-electron chi connectivity index (χ0n) is 14.4. The minimum atomic E-state index is -0.561. The minimum absolute atomic E-state index is 0.135. The van der Waals surface area contributed by atoms with Gasteiger partial charge < -0.3 is 15.5 Å². The highest BCUT2D eigenvalue weighted by molar-refractivity contribution is 5.96. The molecule has 1 aliphatic rings. The number of non-ortho nitro benzene ring substituents is 1. The van der Waals surface area contributed by atoms with Crippen molar-refractivity contribution in [3.8, 4) is 0 Å². The fourth-order valence-corrected chi connectivity index (χ4v) is 2.92. The molecule has 8 heteroatoms. The molecule has 1 aromatic carbocycles. The van der Waals surface area contributed by atoms with E-state index < -0.39 is 10.8 Å². The summed E-state index contributed by atoms with van der Waals surface area (Å²) in [6.45, 7) is 5.03. The lowest BCUT2D eigenvalue weighted by molar-refractivity contribution is -0.384. The van der Waals surface area contributed by atoms with E-state index in [4.69, 9.17) is 0 Å². The van der Waals surface area contributed by atoms with Gasteiger partial charge in [-0.15, -0.1) is 0 Å². The van der Waals surface area contributed by atoms with Gasteiger partial charge in [0.05, 0.1) is 11.5 Å². The largest absolute Gasteiger partial charge is 0.352 e. The number of rotatable bonds is 7. The van der Waals surface area contributed by atoms with Gasteiger partial charge >= 0.3 is 0 Å². The molecule has 0 radical (unpaired) electrons. The standard InChI is InChI=1S/C17H24N4O4/c1-2-8-20-9-6-14(7-10-20)19-16(22)12-18-17(23)13-4-3-5-15(11-13)21(24)25/h3-5,11,14H,2,6-10,12H2,1H3,(H,18,23)(H,19,22). The summed E-state index contributed by atoms with van der Waals surface area (Å²) < 4.78 is 0. The first-order valence-corrected chi connectivity index (χ1v) is 8.54. The molecular formula is C17H24N4O4. The zero-order chi connectivity index (χ0) is 18.2. The van der Waals surface area contributed by atoms with Gasteiger partial charge in [0, 0.05) is 36.8 Å². The number of nitro groups is 1. The third kappa shape index (κ3) is 5.82. The second-order valence-corrected chi connectivity index (χ2v) is 6.17. The van der Waals surface area contributed by atoms with Gasteiger partial charge in [-0.05, 0) is 31.9 Å². The number of carbonyl (C=O) groups excluding carboxylic acids is 2. The van der Waals surface area contributed by atoms with Crippen molar-refractivity contribution in [1.29, 1.82) is 0 Å². The molecule has 0 unspecified atom stereocenters. The molecule has 0 bridgehead atoms. The molecule has 1 fully saturated rings. The van der Waals surface area contributed by atoms with Gasteiger partial charge in [0.1, 0.15) is 0 Å². The molecular weight excluding hydrogens is 324 g/mol. The topological polar surface area (TPSA) is 105 Å². The Kier molecular flexibility index (Phi) is 6.88. The molecule has 0 atom stereocenters. The molecule has 0 saturated carbocycles. The highest BCUT2D eigenvalue weighted by Gasteiger charge is 2.20. The van der Waals surface area contributed by atoms with Crippen molar-refractivity contribution in [3.63, 3.8) is 0 Å². The molecule has 8 nitrogen and oxygen atoms in total. The maximum absolute atomic E-state index is 12.0. The van der Waals surface area contributed by atoms with Gasteiger partial charge in [-0.25, -0.2) is 0 Å². The quantitative estimate of drug-likeness (QED) is 0.571. The predicted molar refractivity (Wildman–Crippen MR) is 93.3 cm³/mol. The molecule has 0 aliphatic carbocycles. The lowest BCUT2D eigenvalue weighted by atomic mass is 10.0. The number of benzene rings is 1. The Morgan fingerprint density at radius 1 is 1.32 bits per heavy atom. The van der Waals surface area contributed by atoms with Crippen LogP contribution in [-0.4, -0.2) is 53.9 Å². The number of carbonyl (C=O) groups is 2. The van der Waals surface area contributed by atoms with Crippen LogP contribution in [-0.2, 0) is 4.79 Å². The molecule has 1 heterocycles. The molecule has 1 aliphatic heterocycles. The van der Waals surface area contributed by atoms with Crippen molar-refractivity contribution < 1.29 is 14.5 Å². The van der Waals surface area contributed by atoms with E-state index >= 15 is 0 Å². The second kappa shape index (κ2) is 9.12. The maximum atomic E-state index is 12.0. The number of nitrogens with zero attached hydrogens (tertiary/aromatic N) is 2. The van der Waals surface area contributed by atoms with E-state index in [1.54, 1.807) is 0 Å². The van der Waals surface area contributed by atoms with E-state index in [1.807, 2.05) is 0 Å². The second-order valence-electron chi connectivity index (χ2n) is 6.17. The number of amides is 2. The third-order valence-corrected chi connectivity index (χ3v) is 4.22. The lowest BCUT2D eigenvalue weighted by Crippen LogP contribution is -2.47. The van der Waals surface area contributed by atoms with E-state index in [1.165, 1.54) is 24.3 Å². The van der Waals surface area contributed by atoms with E-state index in [-0.39, 0.29) is 29.7 Å². The van der Waals surface area contributed by atoms with Gasteiger partial charge in [0.15, 0.2) is 0 Å². The minimum Gasteiger partial charge on any atom is -0.352 e. The average Bonchev–Trinajstić information content (AvgIpc) is 2.61. The van der Waals surface area contributed by atoms with Crippen LogP contribution in [0.5, 0.6) is 0 Å². The van der Waals surface area contributed by atoms with Gasteiger partial charge in [0.25, 0.3) is 11.6 Å². The molecule has 2 rings (SSSR count). The molecule has 0 spiro atoms. The first kappa shape index (κ1) is 18.9.